The number of hydrogen-bond acceptors (Lipinski definition) is 4. The predicted molar refractivity (Wildman–Crippen MR) is 74.7 cm³/mol. The fourth-order valence-corrected chi connectivity index (χ4v) is 2.19. The number of nitro groups is 1. The summed E-state index contributed by atoms with van der Waals surface area (Å²) in [5.41, 5.74) is -0.921. The molecule has 1 N–H and O–H groups in total. The highest BCUT2D eigenvalue weighted by atomic mass is 16.6. The van der Waals surface area contributed by atoms with Crippen molar-refractivity contribution >= 4 is 11.9 Å². The number of aliphatic hydroxyl groups is 1. The number of hydrogen-bond donors (Lipinski definition) is 1. The number of ketones is 1. The Hall–Kier alpha value is -2.27. The number of Topliss-reactive ketones (excluding diaryl/α,β-unsaturated/α-hetero) is 1. The van der Waals surface area contributed by atoms with E-state index < -0.39 is 22.0 Å². The van der Waals surface area contributed by atoms with Gasteiger partial charge in [0.25, 0.3) is 5.70 Å². The Balaban J connectivity index is 2.60. The molecule has 0 spiro atoms. The fourth-order valence-electron chi connectivity index (χ4n) is 2.19. The van der Waals surface area contributed by atoms with Gasteiger partial charge in [0, 0.05) is 18.1 Å². The van der Waals surface area contributed by atoms with Crippen LogP contribution in [0.3, 0.4) is 0 Å². The van der Waals surface area contributed by atoms with Gasteiger partial charge in [0.05, 0.1) is 4.92 Å². The molecular formula is C15H15NO4. The van der Waals surface area contributed by atoms with Crippen LogP contribution in [-0.2, 0) is 0 Å². The Morgan fingerprint density at radius 1 is 1.40 bits per heavy atom. The van der Waals surface area contributed by atoms with Gasteiger partial charge in [0.15, 0.2) is 0 Å². The number of benzene rings is 1. The number of rotatable bonds is 3. The molecule has 1 aromatic rings. The molecule has 0 aromatic heterocycles. The van der Waals surface area contributed by atoms with E-state index in [1.54, 1.807) is 44.2 Å². The molecule has 2 rings (SSSR count). The van der Waals surface area contributed by atoms with Gasteiger partial charge < -0.3 is 5.11 Å². The standard InChI is InChI=1S/C15H15NO4/c1-10(2)7-8-15(18)13(16(19)20)9-11-5-3-4-6-12(11)14(15)17/h3-7,9,18H,8H2,1-2H3. The van der Waals surface area contributed by atoms with Crippen LogP contribution in [0.15, 0.2) is 41.6 Å². The second-order valence-electron chi connectivity index (χ2n) is 5.05. The summed E-state index contributed by atoms with van der Waals surface area (Å²) in [6, 6.07) is 6.55. The molecule has 1 atom stereocenters. The summed E-state index contributed by atoms with van der Waals surface area (Å²) in [7, 11) is 0. The van der Waals surface area contributed by atoms with Gasteiger partial charge in [-0.15, -0.1) is 0 Å². The number of allylic oxidation sites excluding steroid dienone is 1. The second kappa shape index (κ2) is 5.02. The average molecular weight is 273 g/mol. The topological polar surface area (TPSA) is 80.4 Å². The van der Waals surface area contributed by atoms with Crippen molar-refractivity contribution in [3.05, 3.63) is 62.9 Å². The van der Waals surface area contributed by atoms with Gasteiger partial charge in [0.1, 0.15) is 0 Å². The van der Waals surface area contributed by atoms with E-state index in [0.29, 0.717) is 11.1 Å². The van der Waals surface area contributed by atoms with Crippen LogP contribution in [0.4, 0.5) is 0 Å². The van der Waals surface area contributed by atoms with Crippen LogP contribution in [0.2, 0.25) is 0 Å². The van der Waals surface area contributed by atoms with Crippen molar-refractivity contribution in [1.82, 2.24) is 0 Å². The molecule has 1 unspecified atom stereocenters. The van der Waals surface area contributed by atoms with Crippen molar-refractivity contribution in [1.29, 1.82) is 0 Å². The number of carbonyl (C=O) groups excluding carboxylic acids is 1. The van der Waals surface area contributed by atoms with Gasteiger partial charge in [-0.25, -0.2) is 0 Å². The highest BCUT2D eigenvalue weighted by Crippen LogP contribution is 2.35. The molecule has 0 aliphatic heterocycles. The lowest BCUT2D eigenvalue weighted by atomic mass is 9.80. The summed E-state index contributed by atoms with van der Waals surface area (Å²) >= 11 is 0. The van der Waals surface area contributed by atoms with Crippen molar-refractivity contribution in [2.75, 3.05) is 0 Å². The lowest BCUT2D eigenvalue weighted by Gasteiger charge is -2.27. The number of nitrogens with zero attached hydrogens (tertiary/aromatic N) is 1. The minimum Gasteiger partial charge on any atom is -0.372 e. The van der Waals surface area contributed by atoms with Crippen LogP contribution in [0.1, 0.15) is 36.2 Å². The van der Waals surface area contributed by atoms with Gasteiger partial charge >= 0.3 is 0 Å². The first-order valence-electron chi connectivity index (χ1n) is 6.22. The third kappa shape index (κ3) is 2.28. The summed E-state index contributed by atoms with van der Waals surface area (Å²) in [4.78, 5) is 22.9. The van der Waals surface area contributed by atoms with Crippen molar-refractivity contribution in [3.8, 4) is 0 Å². The van der Waals surface area contributed by atoms with Crippen LogP contribution in [-0.4, -0.2) is 21.4 Å². The number of carbonyl (C=O) groups is 1. The molecule has 0 bridgehead atoms. The molecule has 0 heterocycles. The minimum atomic E-state index is -2.10. The molecule has 104 valence electrons. The lowest BCUT2D eigenvalue weighted by Crippen LogP contribution is -2.45. The van der Waals surface area contributed by atoms with Gasteiger partial charge in [-0.3, -0.25) is 14.9 Å². The summed E-state index contributed by atoms with van der Waals surface area (Å²) in [5.74, 6) is -0.625. The van der Waals surface area contributed by atoms with E-state index in [1.165, 1.54) is 6.08 Å². The van der Waals surface area contributed by atoms with E-state index in [4.69, 9.17) is 0 Å². The summed E-state index contributed by atoms with van der Waals surface area (Å²) in [6.07, 6.45) is 2.80. The monoisotopic (exact) mass is 273 g/mol. The quantitative estimate of drug-likeness (QED) is 0.521. The van der Waals surface area contributed by atoms with Gasteiger partial charge in [-0.05, 0) is 19.4 Å². The summed E-state index contributed by atoms with van der Waals surface area (Å²) in [5, 5.41) is 21.7. The van der Waals surface area contributed by atoms with Crippen molar-refractivity contribution in [3.63, 3.8) is 0 Å². The van der Waals surface area contributed by atoms with Crippen molar-refractivity contribution in [2.24, 2.45) is 0 Å². The van der Waals surface area contributed by atoms with Crippen molar-refractivity contribution in [2.45, 2.75) is 25.9 Å². The van der Waals surface area contributed by atoms with Gasteiger partial charge in [-0.2, -0.15) is 0 Å². The molecule has 5 heteroatoms. The van der Waals surface area contributed by atoms with E-state index in [0.717, 1.165) is 5.57 Å². The molecule has 1 aromatic carbocycles. The minimum absolute atomic E-state index is 0.102. The van der Waals surface area contributed by atoms with Crippen LogP contribution in [0.5, 0.6) is 0 Å². The molecule has 0 radical (unpaired) electrons. The Morgan fingerprint density at radius 3 is 2.65 bits per heavy atom. The van der Waals surface area contributed by atoms with E-state index >= 15 is 0 Å². The normalized spacial score (nSPS) is 20.9. The largest absolute Gasteiger partial charge is 0.372 e. The Bertz CT molecular complexity index is 641. The smallest absolute Gasteiger partial charge is 0.286 e. The molecule has 20 heavy (non-hydrogen) atoms. The Kier molecular flexibility index (Phi) is 3.55. The number of fused-ring (bicyclic) bond motifs is 1. The molecule has 0 saturated carbocycles. The molecule has 1 aliphatic rings. The van der Waals surface area contributed by atoms with Crippen LogP contribution < -0.4 is 0 Å². The summed E-state index contributed by atoms with van der Waals surface area (Å²) in [6.45, 7) is 3.61. The molecule has 5 nitrogen and oxygen atoms in total. The summed E-state index contributed by atoms with van der Waals surface area (Å²) < 4.78 is 0. The molecule has 1 aliphatic carbocycles. The van der Waals surface area contributed by atoms with E-state index in [1.807, 2.05) is 0 Å². The second-order valence-corrected chi connectivity index (χ2v) is 5.05. The third-order valence-electron chi connectivity index (χ3n) is 3.30. The van der Waals surface area contributed by atoms with E-state index in [9.17, 15) is 20.0 Å². The van der Waals surface area contributed by atoms with Gasteiger partial charge in [-0.1, -0.05) is 35.9 Å². The Labute approximate surface area is 116 Å². The predicted octanol–water partition coefficient (Wildman–Crippen LogP) is 2.59. The average Bonchev–Trinajstić information content (AvgIpc) is 2.40. The maximum Gasteiger partial charge on any atom is 0.286 e. The fraction of sp³-hybridized carbons (Fsp3) is 0.267. The zero-order chi connectivity index (χ0) is 14.9. The first kappa shape index (κ1) is 14.1. The molecule has 0 saturated heterocycles. The first-order valence-corrected chi connectivity index (χ1v) is 6.22. The van der Waals surface area contributed by atoms with E-state index in [2.05, 4.69) is 0 Å². The highest BCUT2D eigenvalue weighted by Gasteiger charge is 2.50. The molecule has 0 amide bonds. The molecular weight excluding hydrogens is 258 g/mol. The van der Waals surface area contributed by atoms with Crippen LogP contribution in [0.25, 0.3) is 6.08 Å². The van der Waals surface area contributed by atoms with Crippen LogP contribution in [0, 0.1) is 10.1 Å². The van der Waals surface area contributed by atoms with E-state index in [-0.39, 0.29) is 6.42 Å². The maximum absolute atomic E-state index is 12.4. The van der Waals surface area contributed by atoms with Crippen LogP contribution >= 0.6 is 0 Å². The zero-order valence-electron chi connectivity index (χ0n) is 11.3. The lowest BCUT2D eigenvalue weighted by molar-refractivity contribution is -0.439. The third-order valence-corrected chi connectivity index (χ3v) is 3.30. The Morgan fingerprint density at radius 2 is 2.05 bits per heavy atom. The van der Waals surface area contributed by atoms with Gasteiger partial charge in [0.2, 0.25) is 11.4 Å². The van der Waals surface area contributed by atoms with Crippen molar-refractivity contribution < 1.29 is 14.8 Å². The maximum atomic E-state index is 12.4. The first-order chi connectivity index (χ1) is 9.36. The zero-order valence-corrected chi connectivity index (χ0v) is 11.3. The SMILES string of the molecule is CC(C)=CCC1(O)C(=O)c2ccccc2C=C1[N+](=O)[O-]. The molecule has 0 fully saturated rings. The highest BCUT2D eigenvalue weighted by molar-refractivity contribution is 6.09.